The van der Waals surface area contributed by atoms with Crippen molar-refractivity contribution in [3.8, 4) is 17.6 Å². The summed E-state index contributed by atoms with van der Waals surface area (Å²) < 4.78 is 5.25. The van der Waals surface area contributed by atoms with Gasteiger partial charge in [-0.15, -0.1) is 0 Å². The zero-order chi connectivity index (χ0) is 22.3. The number of halogens is 1. The summed E-state index contributed by atoms with van der Waals surface area (Å²) in [5.74, 6) is -0.107. The van der Waals surface area contributed by atoms with Crippen LogP contribution in [-0.4, -0.2) is 18.0 Å². The Kier molecular flexibility index (Phi) is 5.38. The second kappa shape index (κ2) is 8.01. The molecule has 7 heteroatoms. The van der Waals surface area contributed by atoms with Crippen LogP contribution in [0, 0.1) is 18.3 Å². The molecular formula is C24H22ClN3O3. The lowest BCUT2D eigenvalue weighted by molar-refractivity contribution is -0.116. The quantitative estimate of drug-likeness (QED) is 0.726. The highest BCUT2D eigenvalue weighted by molar-refractivity contribution is 6.30. The summed E-state index contributed by atoms with van der Waals surface area (Å²) in [6.07, 6.45) is 1.76. The molecule has 0 radical (unpaired) electrons. The lowest BCUT2D eigenvalue weighted by Crippen LogP contribution is -2.39. The molecule has 6 nitrogen and oxygen atoms in total. The molecule has 2 aromatic carbocycles. The molecule has 31 heavy (non-hydrogen) atoms. The van der Waals surface area contributed by atoms with Crippen molar-refractivity contribution in [2.75, 3.05) is 12.0 Å². The number of nitrogens with two attached hydrogens (primary N) is 1. The average molecular weight is 436 g/mol. The van der Waals surface area contributed by atoms with Gasteiger partial charge in [0.15, 0.2) is 17.3 Å². The number of nitriles is 1. The molecule has 0 aromatic heterocycles. The van der Waals surface area contributed by atoms with Gasteiger partial charge in [-0.05, 0) is 55.2 Å². The number of hydrogen-bond donors (Lipinski definition) is 2. The van der Waals surface area contributed by atoms with Gasteiger partial charge in [0.05, 0.1) is 30.4 Å². The fraction of sp³-hybridized carbons (Fsp3) is 0.250. The van der Waals surface area contributed by atoms with E-state index in [1.54, 1.807) is 29.2 Å². The number of ketones is 1. The highest BCUT2D eigenvalue weighted by Gasteiger charge is 2.40. The van der Waals surface area contributed by atoms with E-state index in [2.05, 4.69) is 6.07 Å². The van der Waals surface area contributed by atoms with E-state index in [4.69, 9.17) is 22.1 Å². The molecule has 2 aromatic rings. The highest BCUT2D eigenvalue weighted by atomic mass is 35.5. The van der Waals surface area contributed by atoms with E-state index < -0.39 is 5.92 Å². The van der Waals surface area contributed by atoms with E-state index in [9.17, 15) is 15.2 Å². The first-order chi connectivity index (χ1) is 14.9. The Morgan fingerprint density at radius 2 is 2.03 bits per heavy atom. The van der Waals surface area contributed by atoms with Crippen molar-refractivity contribution in [3.05, 3.63) is 75.2 Å². The summed E-state index contributed by atoms with van der Waals surface area (Å²) in [4.78, 5) is 15.0. The third-order valence-electron chi connectivity index (χ3n) is 5.86. The summed E-state index contributed by atoms with van der Waals surface area (Å²) in [5.41, 5.74) is 10.6. The molecule has 1 aliphatic heterocycles. The zero-order valence-corrected chi connectivity index (χ0v) is 18.0. The van der Waals surface area contributed by atoms with Gasteiger partial charge in [-0.25, -0.2) is 0 Å². The van der Waals surface area contributed by atoms with Gasteiger partial charge in [0.25, 0.3) is 0 Å². The Hall–Kier alpha value is -3.43. The summed E-state index contributed by atoms with van der Waals surface area (Å²) in [6.45, 7) is 1.94. The van der Waals surface area contributed by atoms with Gasteiger partial charge in [0.2, 0.25) is 0 Å². The summed E-state index contributed by atoms with van der Waals surface area (Å²) in [6, 6.07) is 12.6. The minimum absolute atomic E-state index is 0.0109. The lowest BCUT2D eigenvalue weighted by Gasteiger charge is -2.40. The van der Waals surface area contributed by atoms with Crippen molar-refractivity contribution in [1.29, 1.82) is 5.26 Å². The number of carbonyl (C=O) groups is 1. The number of ether oxygens (including phenoxy) is 1. The van der Waals surface area contributed by atoms with Crippen LogP contribution in [0.3, 0.4) is 0 Å². The number of carbonyl (C=O) groups excluding carboxylic acids is 1. The number of methoxy groups -OCH3 is 1. The predicted molar refractivity (Wildman–Crippen MR) is 119 cm³/mol. The number of nitrogens with zero attached hydrogens (tertiary/aromatic N) is 2. The number of benzene rings is 2. The van der Waals surface area contributed by atoms with Crippen LogP contribution in [0.15, 0.2) is 59.1 Å². The molecule has 0 fully saturated rings. The number of aromatic hydroxyl groups is 1. The molecule has 4 rings (SSSR count). The van der Waals surface area contributed by atoms with E-state index in [0.29, 0.717) is 35.4 Å². The molecule has 0 saturated heterocycles. The van der Waals surface area contributed by atoms with Crippen LogP contribution in [0.4, 0.5) is 5.69 Å². The van der Waals surface area contributed by atoms with Gasteiger partial charge in [-0.1, -0.05) is 23.7 Å². The molecule has 0 spiro atoms. The third kappa shape index (κ3) is 3.41. The van der Waals surface area contributed by atoms with E-state index in [1.165, 1.54) is 13.2 Å². The Balaban J connectivity index is 1.99. The SMILES string of the molecule is COc1cc(C2C(C#N)=C(N)N(c3cc(Cl)ccc3C)C3=C2C(=O)CCC3)ccc1O. The van der Waals surface area contributed by atoms with Crippen LogP contribution in [-0.2, 0) is 4.79 Å². The van der Waals surface area contributed by atoms with Crippen molar-refractivity contribution in [2.45, 2.75) is 32.1 Å². The van der Waals surface area contributed by atoms with E-state index in [-0.39, 0.29) is 28.7 Å². The number of rotatable bonds is 3. The molecule has 1 atom stereocenters. The predicted octanol–water partition coefficient (Wildman–Crippen LogP) is 4.67. The van der Waals surface area contributed by atoms with Gasteiger partial charge in [0.1, 0.15) is 5.82 Å². The van der Waals surface area contributed by atoms with Gasteiger partial charge in [0, 0.05) is 22.7 Å². The smallest absolute Gasteiger partial charge is 0.161 e. The molecule has 0 amide bonds. The maximum Gasteiger partial charge on any atom is 0.161 e. The first kappa shape index (κ1) is 20.8. The summed E-state index contributed by atoms with van der Waals surface area (Å²) in [5, 5.41) is 20.6. The second-order valence-electron chi connectivity index (χ2n) is 7.68. The van der Waals surface area contributed by atoms with Crippen LogP contribution in [0.5, 0.6) is 11.5 Å². The maximum absolute atomic E-state index is 13.2. The second-order valence-corrected chi connectivity index (χ2v) is 8.11. The van der Waals surface area contributed by atoms with Crippen LogP contribution in [0.2, 0.25) is 5.02 Å². The minimum atomic E-state index is -0.627. The highest BCUT2D eigenvalue weighted by Crippen LogP contribution is 2.48. The number of Topliss-reactive ketones (excluding diaryl/α,β-unsaturated/α-hetero) is 1. The van der Waals surface area contributed by atoms with Gasteiger partial charge < -0.3 is 15.6 Å². The van der Waals surface area contributed by atoms with E-state index in [0.717, 1.165) is 16.9 Å². The molecule has 1 heterocycles. The molecule has 1 aliphatic carbocycles. The average Bonchev–Trinajstić information content (AvgIpc) is 2.75. The Bertz CT molecular complexity index is 1190. The third-order valence-corrected chi connectivity index (χ3v) is 6.10. The zero-order valence-electron chi connectivity index (χ0n) is 17.3. The van der Waals surface area contributed by atoms with Crippen LogP contribution in [0.1, 0.15) is 36.3 Å². The summed E-state index contributed by atoms with van der Waals surface area (Å²) >= 11 is 6.26. The molecule has 1 unspecified atom stereocenters. The topological polar surface area (TPSA) is 99.6 Å². The Morgan fingerprint density at radius 3 is 2.74 bits per heavy atom. The standard InChI is InChI=1S/C24H22ClN3O3/c1-13-6-8-15(25)11-18(13)28-17-4-3-5-20(30)23(17)22(16(12-26)24(28)27)14-7-9-19(29)21(10-14)31-2/h6-11,22,29H,3-5,27H2,1-2H3. The number of phenols is 1. The van der Waals surface area contributed by atoms with Gasteiger partial charge in [-0.2, -0.15) is 5.26 Å². The first-order valence-corrected chi connectivity index (χ1v) is 10.3. The normalized spacial score (nSPS) is 18.7. The number of anilines is 1. The van der Waals surface area contributed by atoms with Gasteiger partial charge >= 0.3 is 0 Å². The van der Waals surface area contributed by atoms with E-state index >= 15 is 0 Å². The van der Waals surface area contributed by atoms with Crippen molar-refractivity contribution in [2.24, 2.45) is 5.73 Å². The molecule has 3 N–H and O–H groups in total. The fourth-order valence-corrected chi connectivity index (χ4v) is 4.56. The number of aryl methyl sites for hydroxylation is 1. The molecule has 2 aliphatic rings. The van der Waals surface area contributed by atoms with Crippen LogP contribution >= 0.6 is 11.6 Å². The maximum atomic E-state index is 13.2. The van der Waals surface area contributed by atoms with Crippen molar-refractivity contribution in [1.82, 2.24) is 0 Å². The van der Waals surface area contributed by atoms with Crippen molar-refractivity contribution < 1.29 is 14.6 Å². The van der Waals surface area contributed by atoms with Gasteiger partial charge in [-0.3, -0.25) is 9.69 Å². The monoisotopic (exact) mass is 435 g/mol. The lowest BCUT2D eigenvalue weighted by atomic mass is 9.75. The number of phenolic OH excluding ortho intramolecular Hbond substituents is 1. The Labute approximate surface area is 185 Å². The number of hydrogen-bond acceptors (Lipinski definition) is 6. The van der Waals surface area contributed by atoms with Crippen molar-refractivity contribution in [3.63, 3.8) is 0 Å². The summed E-state index contributed by atoms with van der Waals surface area (Å²) in [7, 11) is 1.45. The molecule has 0 bridgehead atoms. The molecule has 158 valence electrons. The minimum Gasteiger partial charge on any atom is -0.504 e. The van der Waals surface area contributed by atoms with E-state index in [1.807, 2.05) is 13.0 Å². The fourth-order valence-electron chi connectivity index (χ4n) is 4.39. The Morgan fingerprint density at radius 1 is 1.26 bits per heavy atom. The van der Waals surface area contributed by atoms with Crippen LogP contribution < -0.4 is 15.4 Å². The molecular weight excluding hydrogens is 414 g/mol. The van der Waals surface area contributed by atoms with Crippen LogP contribution in [0.25, 0.3) is 0 Å². The first-order valence-electron chi connectivity index (χ1n) is 9.96. The largest absolute Gasteiger partial charge is 0.504 e. The number of allylic oxidation sites excluding steroid dienone is 3. The molecule has 0 saturated carbocycles. The van der Waals surface area contributed by atoms with Crippen molar-refractivity contribution >= 4 is 23.1 Å².